The summed E-state index contributed by atoms with van der Waals surface area (Å²) in [5.74, 6) is -1.29. The van der Waals surface area contributed by atoms with Crippen LogP contribution in [-0.4, -0.2) is 49.4 Å². The average Bonchev–Trinajstić information content (AvgIpc) is 2.76. The van der Waals surface area contributed by atoms with Gasteiger partial charge in [0.25, 0.3) is 0 Å². The van der Waals surface area contributed by atoms with Crippen LogP contribution in [-0.2, 0) is 4.79 Å². The van der Waals surface area contributed by atoms with Crippen LogP contribution in [0.15, 0.2) is 18.2 Å². The molecule has 4 nitrogen and oxygen atoms in total. The number of benzene rings is 1. The Hall–Kier alpha value is -1.53. The lowest BCUT2D eigenvalue weighted by molar-refractivity contribution is -0.128. The van der Waals surface area contributed by atoms with Gasteiger partial charge in [0, 0.05) is 18.2 Å². The molecule has 21 heavy (non-hydrogen) atoms. The first kappa shape index (κ1) is 15.9. The van der Waals surface area contributed by atoms with Gasteiger partial charge >= 0.3 is 0 Å². The molecule has 1 amide bonds. The van der Waals surface area contributed by atoms with Gasteiger partial charge in [-0.2, -0.15) is 0 Å². The molecule has 1 unspecified atom stereocenters. The van der Waals surface area contributed by atoms with Gasteiger partial charge in [0.15, 0.2) is 0 Å². The summed E-state index contributed by atoms with van der Waals surface area (Å²) in [5, 5.41) is 2.99. The van der Waals surface area contributed by atoms with Crippen LogP contribution in [0.4, 0.5) is 8.78 Å². The third-order valence-electron chi connectivity index (χ3n) is 3.59. The van der Waals surface area contributed by atoms with Gasteiger partial charge in [-0.05, 0) is 45.6 Å². The minimum atomic E-state index is -0.625. The molecule has 6 heteroatoms. The fraction of sp³-hybridized carbons (Fsp3) is 0.533. The number of hydrogen-bond donors (Lipinski definition) is 1. The highest BCUT2D eigenvalue weighted by atomic mass is 19.1. The van der Waals surface area contributed by atoms with Crippen LogP contribution < -0.4 is 5.32 Å². The van der Waals surface area contributed by atoms with Crippen LogP contribution in [0.25, 0.3) is 0 Å². The number of nitrogens with one attached hydrogen (secondary N) is 1. The zero-order valence-corrected chi connectivity index (χ0v) is 12.4. The minimum absolute atomic E-state index is 0.0476. The lowest BCUT2D eigenvalue weighted by Gasteiger charge is -2.25. The van der Waals surface area contributed by atoms with Gasteiger partial charge in [0.05, 0.1) is 6.54 Å². The molecule has 0 radical (unpaired) electrons. The summed E-state index contributed by atoms with van der Waals surface area (Å²) in [5.41, 5.74) is 0.315. The van der Waals surface area contributed by atoms with E-state index in [4.69, 9.17) is 0 Å². The van der Waals surface area contributed by atoms with Gasteiger partial charge < -0.3 is 9.80 Å². The molecule has 2 rings (SSSR count). The zero-order chi connectivity index (χ0) is 15.4. The van der Waals surface area contributed by atoms with Gasteiger partial charge in [-0.25, -0.2) is 8.78 Å². The van der Waals surface area contributed by atoms with Crippen LogP contribution in [0, 0.1) is 11.6 Å². The topological polar surface area (TPSA) is 35.6 Å². The predicted octanol–water partition coefficient (Wildman–Crippen LogP) is 1.74. The van der Waals surface area contributed by atoms with E-state index in [2.05, 4.69) is 10.2 Å². The van der Waals surface area contributed by atoms with Crippen molar-refractivity contribution in [2.75, 3.05) is 33.7 Å². The number of carbonyl (C=O) groups is 1. The third-order valence-corrected chi connectivity index (χ3v) is 3.59. The maximum absolute atomic E-state index is 13.9. The summed E-state index contributed by atoms with van der Waals surface area (Å²) >= 11 is 0. The van der Waals surface area contributed by atoms with Crippen molar-refractivity contribution < 1.29 is 13.6 Å². The van der Waals surface area contributed by atoms with Crippen LogP contribution >= 0.6 is 0 Å². The molecular weight excluding hydrogens is 276 g/mol. The van der Waals surface area contributed by atoms with E-state index in [1.165, 1.54) is 12.1 Å². The number of unbranched alkanes of at least 4 members (excludes halogenated alkanes) is 1. The summed E-state index contributed by atoms with van der Waals surface area (Å²) < 4.78 is 26.9. The first-order chi connectivity index (χ1) is 9.99. The summed E-state index contributed by atoms with van der Waals surface area (Å²) in [7, 11) is 4.00. The molecule has 1 aliphatic heterocycles. The van der Waals surface area contributed by atoms with Crippen molar-refractivity contribution in [2.45, 2.75) is 19.0 Å². The van der Waals surface area contributed by atoms with Gasteiger partial charge in [0.1, 0.15) is 17.8 Å². The molecule has 1 heterocycles. The Morgan fingerprint density at radius 2 is 2.10 bits per heavy atom. The second-order valence-electron chi connectivity index (χ2n) is 5.55. The molecule has 0 bridgehead atoms. The highest BCUT2D eigenvalue weighted by Gasteiger charge is 2.32. The van der Waals surface area contributed by atoms with Crippen LogP contribution in [0.1, 0.15) is 24.6 Å². The lowest BCUT2D eigenvalue weighted by atomic mass is 10.1. The zero-order valence-electron chi connectivity index (χ0n) is 12.4. The lowest BCUT2D eigenvalue weighted by Crippen LogP contribution is -2.32. The molecule has 1 aromatic rings. The molecule has 1 aliphatic rings. The second kappa shape index (κ2) is 6.95. The monoisotopic (exact) mass is 297 g/mol. The van der Waals surface area contributed by atoms with Crippen LogP contribution in [0.5, 0.6) is 0 Å². The van der Waals surface area contributed by atoms with Gasteiger partial charge in [0.2, 0.25) is 5.91 Å². The molecule has 0 aromatic heterocycles. The Kier molecular flexibility index (Phi) is 5.25. The van der Waals surface area contributed by atoms with Crippen molar-refractivity contribution in [1.82, 2.24) is 15.1 Å². The van der Waals surface area contributed by atoms with E-state index in [1.807, 2.05) is 14.1 Å². The highest BCUT2D eigenvalue weighted by molar-refractivity contribution is 5.80. The molecule has 116 valence electrons. The first-order valence-electron chi connectivity index (χ1n) is 7.11. The maximum atomic E-state index is 13.9. The molecule has 0 spiro atoms. The average molecular weight is 297 g/mol. The Morgan fingerprint density at radius 3 is 2.76 bits per heavy atom. The standard InChI is InChI=1S/C15H21F2N3O/c1-19(2)7-3-4-8-20-14(21)10-18-15(20)12-6-5-11(16)9-13(12)17/h5-6,9,15,18H,3-4,7-8,10H2,1-2H3. The molecule has 0 saturated carbocycles. The van der Waals surface area contributed by atoms with Crippen molar-refractivity contribution in [2.24, 2.45) is 0 Å². The summed E-state index contributed by atoms with van der Waals surface area (Å²) in [6.07, 6.45) is 1.32. The largest absolute Gasteiger partial charge is 0.322 e. The van der Waals surface area contributed by atoms with Crippen LogP contribution in [0.3, 0.4) is 0 Å². The van der Waals surface area contributed by atoms with Crippen molar-refractivity contribution in [1.29, 1.82) is 0 Å². The molecule has 1 saturated heterocycles. The van der Waals surface area contributed by atoms with E-state index in [0.29, 0.717) is 12.1 Å². The normalized spacial score (nSPS) is 18.8. The van der Waals surface area contributed by atoms with Gasteiger partial charge in [-0.15, -0.1) is 0 Å². The fourth-order valence-electron chi connectivity index (χ4n) is 2.50. The van der Waals surface area contributed by atoms with E-state index >= 15 is 0 Å². The second-order valence-corrected chi connectivity index (χ2v) is 5.55. The Bertz CT molecular complexity index is 508. The van der Waals surface area contributed by atoms with Crippen molar-refractivity contribution in [3.05, 3.63) is 35.4 Å². The van der Waals surface area contributed by atoms with E-state index in [-0.39, 0.29) is 12.5 Å². The predicted molar refractivity (Wildman–Crippen MR) is 76.6 cm³/mol. The van der Waals surface area contributed by atoms with E-state index in [1.54, 1.807) is 4.90 Å². The number of nitrogens with zero attached hydrogens (tertiary/aromatic N) is 2. The Morgan fingerprint density at radius 1 is 1.33 bits per heavy atom. The van der Waals surface area contributed by atoms with Crippen molar-refractivity contribution in [3.63, 3.8) is 0 Å². The van der Waals surface area contributed by atoms with Crippen molar-refractivity contribution >= 4 is 5.91 Å². The molecule has 1 atom stereocenters. The van der Waals surface area contributed by atoms with E-state index in [0.717, 1.165) is 25.5 Å². The Balaban J connectivity index is 2.02. The van der Waals surface area contributed by atoms with Gasteiger partial charge in [-0.1, -0.05) is 0 Å². The summed E-state index contributed by atoms with van der Waals surface area (Å²) in [6.45, 7) is 1.71. The third kappa shape index (κ3) is 3.98. The molecule has 1 N–H and O–H groups in total. The number of halogens is 2. The number of amides is 1. The van der Waals surface area contributed by atoms with E-state index in [9.17, 15) is 13.6 Å². The van der Waals surface area contributed by atoms with E-state index < -0.39 is 17.8 Å². The SMILES string of the molecule is CN(C)CCCCN1C(=O)CNC1c1ccc(F)cc1F. The minimum Gasteiger partial charge on any atom is -0.322 e. The summed E-state index contributed by atoms with van der Waals surface area (Å²) in [4.78, 5) is 15.6. The maximum Gasteiger partial charge on any atom is 0.238 e. The first-order valence-corrected chi connectivity index (χ1v) is 7.11. The summed E-state index contributed by atoms with van der Waals surface area (Å²) in [6, 6.07) is 3.46. The quantitative estimate of drug-likeness (QED) is 0.812. The number of rotatable bonds is 6. The van der Waals surface area contributed by atoms with Gasteiger partial charge in [-0.3, -0.25) is 10.1 Å². The van der Waals surface area contributed by atoms with Crippen LogP contribution in [0.2, 0.25) is 0 Å². The Labute approximate surface area is 123 Å². The molecule has 1 aromatic carbocycles. The fourth-order valence-corrected chi connectivity index (χ4v) is 2.50. The number of carbonyl (C=O) groups excluding carboxylic acids is 1. The molecule has 0 aliphatic carbocycles. The highest BCUT2D eigenvalue weighted by Crippen LogP contribution is 2.25. The smallest absolute Gasteiger partial charge is 0.238 e. The van der Waals surface area contributed by atoms with Crippen molar-refractivity contribution in [3.8, 4) is 0 Å². The molecular formula is C15H21F2N3O. The number of hydrogen-bond acceptors (Lipinski definition) is 3. The molecule has 1 fully saturated rings.